The number of hydrogen-bond donors (Lipinski definition) is 1. The summed E-state index contributed by atoms with van der Waals surface area (Å²) in [5.74, 6) is -3.03. The number of carbonyl (C=O) groups excluding carboxylic acids is 2. The van der Waals surface area contributed by atoms with E-state index in [9.17, 15) is 27.5 Å². The Hall–Kier alpha value is -3.46. The van der Waals surface area contributed by atoms with E-state index in [2.05, 4.69) is 6.58 Å². The van der Waals surface area contributed by atoms with Crippen LogP contribution in [0.2, 0.25) is 0 Å². The molecule has 4 rings (SSSR count). The Morgan fingerprint density at radius 3 is 2.48 bits per heavy atom. The molecule has 172 valence electrons. The molecular weight excluding hydrogens is 449 g/mol. The van der Waals surface area contributed by atoms with Crippen LogP contribution in [0.25, 0.3) is 5.76 Å². The molecule has 7 nitrogen and oxygen atoms in total. The molecule has 1 amide bonds. The van der Waals surface area contributed by atoms with E-state index in [1.54, 1.807) is 24.3 Å². The third-order valence-corrected chi connectivity index (χ3v) is 7.53. The molecule has 2 aromatic rings. The van der Waals surface area contributed by atoms with Crippen LogP contribution in [-0.4, -0.2) is 54.3 Å². The first kappa shape index (κ1) is 22.7. The first-order chi connectivity index (χ1) is 15.7. The third kappa shape index (κ3) is 4.28. The predicted octanol–water partition coefficient (Wildman–Crippen LogP) is 3.00. The van der Waals surface area contributed by atoms with Gasteiger partial charge >= 0.3 is 0 Å². The van der Waals surface area contributed by atoms with E-state index in [4.69, 9.17) is 4.74 Å². The van der Waals surface area contributed by atoms with E-state index in [0.717, 1.165) is 4.90 Å². The monoisotopic (exact) mass is 471 g/mol. The summed E-state index contributed by atoms with van der Waals surface area (Å²) in [6.07, 6.45) is 1.71. The average molecular weight is 472 g/mol. The zero-order valence-electron chi connectivity index (χ0n) is 17.6. The number of hydrogen-bond acceptors (Lipinski definition) is 6. The second-order valence-electron chi connectivity index (χ2n) is 7.91. The Morgan fingerprint density at radius 2 is 1.88 bits per heavy atom. The number of rotatable bonds is 6. The maximum Gasteiger partial charge on any atom is 0.295 e. The molecule has 2 unspecified atom stereocenters. The molecule has 0 spiro atoms. The Morgan fingerprint density at radius 1 is 1.18 bits per heavy atom. The lowest BCUT2D eigenvalue weighted by molar-refractivity contribution is -0.141. The highest BCUT2D eigenvalue weighted by Crippen LogP contribution is 2.43. The summed E-state index contributed by atoms with van der Waals surface area (Å²) in [7, 11) is -3.39. The van der Waals surface area contributed by atoms with Crippen LogP contribution in [-0.2, 0) is 19.4 Å². The van der Waals surface area contributed by atoms with Crippen molar-refractivity contribution in [2.45, 2.75) is 18.5 Å². The van der Waals surface area contributed by atoms with Crippen molar-refractivity contribution >= 4 is 27.3 Å². The van der Waals surface area contributed by atoms with Crippen molar-refractivity contribution in [2.24, 2.45) is 0 Å². The summed E-state index contributed by atoms with van der Waals surface area (Å²) < 4.78 is 44.4. The third-order valence-electron chi connectivity index (χ3n) is 5.78. The maximum atomic E-state index is 14.8. The van der Waals surface area contributed by atoms with Crippen LogP contribution in [0.1, 0.15) is 23.6 Å². The molecule has 2 atom stereocenters. The quantitative estimate of drug-likeness (QED) is 0.301. The smallest absolute Gasteiger partial charge is 0.295 e. The van der Waals surface area contributed by atoms with Crippen molar-refractivity contribution in [3.63, 3.8) is 0 Å². The van der Waals surface area contributed by atoms with E-state index < -0.39 is 45.2 Å². The van der Waals surface area contributed by atoms with Gasteiger partial charge in [-0.25, -0.2) is 12.8 Å². The van der Waals surface area contributed by atoms with Gasteiger partial charge in [0.25, 0.3) is 11.7 Å². The minimum absolute atomic E-state index is 0.00786. The van der Waals surface area contributed by atoms with Crippen LogP contribution in [0.3, 0.4) is 0 Å². The van der Waals surface area contributed by atoms with Gasteiger partial charge in [0.05, 0.1) is 23.1 Å². The first-order valence-electron chi connectivity index (χ1n) is 10.3. The van der Waals surface area contributed by atoms with Gasteiger partial charge in [0.2, 0.25) is 0 Å². The van der Waals surface area contributed by atoms with E-state index >= 15 is 0 Å². The van der Waals surface area contributed by atoms with Crippen LogP contribution < -0.4 is 4.74 Å². The highest BCUT2D eigenvalue weighted by molar-refractivity contribution is 7.91. The molecule has 2 heterocycles. The highest BCUT2D eigenvalue weighted by Gasteiger charge is 2.51. The number of likely N-dealkylation sites (tertiary alicyclic amines) is 1. The number of Topliss-reactive ketones (excluding diaryl/α,β-unsaturated/α-hetero) is 1. The summed E-state index contributed by atoms with van der Waals surface area (Å²) >= 11 is 0. The molecule has 0 aromatic heterocycles. The van der Waals surface area contributed by atoms with Gasteiger partial charge in [-0.1, -0.05) is 30.9 Å². The molecule has 33 heavy (non-hydrogen) atoms. The van der Waals surface area contributed by atoms with Gasteiger partial charge in [-0.2, -0.15) is 0 Å². The van der Waals surface area contributed by atoms with E-state index in [0.29, 0.717) is 5.75 Å². The lowest BCUT2D eigenvalue weighted by Gasteiger charge is -2.30. The number of carbonyl (C=O) groups is 2. The van der Waals surface area contributed by atoms with Crippen molar-refractivity contribution in [3.05, 3.63) is 83.7 Å². The fourth-order valence-corrected chi connectivity index (χ4v) is 5.95. The van der Waals surface area contributed by atoms with Crippen molar-refractivity contribution in [3.8, 4) is 5.75 Å². The summed E-state index contributed by atoms with van der Waals surface area (Å²) in [6.45, 7) is 3.85. The van der Waals surface area contributed by atoms with Crippen molar-refractivity contribution in [1.29, 1.82) is 0 Å². The van der Waals surface area contributed by atoms with Crippen LogP contribution >= 0.6 is 0 Å². The second kappa shape index (κ2) is 8.82. The minimum atomic E-state index is -3.39. The topological polar surface area (TPSA) is 101 Å². The Kier molecular flexibility index (Phi) is 6.07. The molecule has 2 aliphatic heterocycles. The van der Waals surface area contributed by atoms with Gasteiger partial charge in [0.15, 0.2) is 9.84 Å². The molecule has 2 aromatic carbocycles. The lowest BCUT2D eigenvalue weighted by atomic mass is 9.94. The molecule has 1 N–H and O–H groups in total. The molecule has 0 bridgehead atoms. The van der Waals surface area contributed by atoms with E-state index in [1.807, 2.05) is 0 Å². The van der Waals surface area contributed by atoms with Crippen LogP contribution in [0.4, 0.5) is 4.39 Å². The number of aliphatic hydroxyl groups excluding tert-OH is 1. The molecular formula is C24H22FNO6S. The summed E-state index contributed by atoms with van der Waals surface area (Å²) in [5, 5.41) is 11.0. The zero-order chi connectivity index (χ0) is 23.8. The van der Waals surface area contributed by atoms with Crippen LogP contribution in [0, 0.1) is 5.82 Å². The molecule has 2 saturated heterocycles. The van der Waals surface area contributed by atoms with Crippen molar-refractivity contribution in [1.82, 2.24) is 4.90 Å². The number of nitrogens with zero attached hydrogens (tertiary/aromatic N) is 1. The molecule has 2 fully saturated rings. The van der Waals surface area contributed by atoms with Crippen molar-refractivity contribution in [2.75, 3.05) is 18.1 Å². The molecule has 0 radical (unpaired) electrons. The van der Waals surface area contributed by atoms with Crippen LogP contribution in [0.15, 0.2) is 66.8 Å². The Bertz CT molecular complexity index is 1250. The van der Waals surface area contributed by atoms with Gasteiger partial charge in [-0.05, 0) is 36.8 Å². The summed E-state index contributed by atoms with van der Waals surface area (Å²) in [4.78, 5) is 27.1. The van der Waals surface area contributed by atoms with Crippen molar-refractivity contribution < 1.29 is 32.2 Å². The SMILES string of the molecule is C=CCOc1ccc(C(O)=C2C(=O)C(=O)N(C3CCS(=O)(=O)C3)C2c2ccccc2F)cc1. The largest absolute Gasteiger partial charge is 0.507 e. The lowest BCUT2D eigenvalue weighted by Crippen LogP contribution is -2.40. The highest BCUT2D eigenvalue weighted by atomic mass is 32.2. The molecule has 0 saturated carbocycles. The number of ether oxygens (including phenoxy) is 1. The van der Waals surface area contributed by atoms with Crippen LogP contribution in [0.5, 0.6) is 5.75 Å². The first-order valence-corrected chi connectivity index (χ1v) is 12.1. The Balaban J connectivity index is 1.83. The van der Waals surface area contributed by atoms with Gasteiger partial charge in [-0.15, -0.1) is 0 Å². The number of aliphatic hydroxyl groups is 1. The summed E-state index contributed by atoms with van der Waals surface area (Å²) in [6, 6.07) is 9.76. The van der Waals surface area contributed by atoms with E-state index in [-0.39, 0.29) is 41.2 Å². The fraction of sp³-hybridized carbons (Fsp3) is 0.250. The number of benzene rings is 2. The number of halogens is 1. The average Bonchev–Trinajstić information content (AvgIpc) is 3.28. The molecule has 0 aliphatic carbocycles. The Labute approximate surface area is 190 Å². The number of ketones is 1. The van der Waals surface area contributed by atoms with Gasteiger partial charge < -0.3 is 14.7 Å². The maximum absolute atomic E-state index is 14.8. The predicted molar refractivity (Wildman–Crippen MR) is 120 cm³/mol. The fourth-order valence-electron chi connectivity index (χ4n) is 4.24. The van der Waals surface area contributed by atoms with E-state index in [1.165, 1.54) is 30.3 Å². The molecule has 9 heteroatoms. The van der Waals surface area contributed by atoms with Gasteiger partial charge in [0.1, 0.15) is 23.9 Å². The second-order valence-corrected chi connectivity index (χ2v) is 10.1. The van der Waals surface area contributed by atoms with Gasteiger partial charge in [0, 0.05) is 17.2 Å². The standard InChI is InChI=1S/C24H22FNO6S/c1-2-12-32-17-9-7-15(8-10-17)22(27)20-21(18-5-3-4-6-19(18)25)26(24(29)23(20)28)16-11-13-33(30,31)14-16/h2-10,16,21,27H,1,11-14H2. The number of sulfone groups is 1. The zero-order valence-corrected chi connectivity index (χ0v) is 18.4. The minimum Gasteiger partial charge on any atom is -0.507 e. The summed E-state index contributed by atoms with van der Waals surface area (Å²) in [5.41, 5.74) is -0.0398. The normalized spacial score (nSPS) is 23.6. The number of amides is 1. The molecule has 2 aliphatic rings. The van der Waals surface area contributed by atoms with Gasteiger partial charge in [-0.3, -0.25) is 9.59 Å².